The highest BCUT2D eigenvalue weighted by atomic mass is 16.1. The molecule has 0 bridgehead atoms. The van der Waals surface area contributed by atoms with E-state index < -0.39 is 0 Å². The van der Waals surface area contributed by atoms with E-state index in [1.807, 2.05) is 28.9 Å². The van der Waals surface area contributed by atoms with E-state index in [0.717, 1.165) is 24.2 Å². The summed E-state index contributed by atoms with van der Waals surface area (Å²) in [5.41, 5.74) is 1.16. The largest absolute Gasteiger partial charge is 0.311 e. The molecule has 1 unspecified atom stereocenters. The Morgan fingerprint density at radius 1 is 1.29 bits per heavy atom. The topological polar surface area (TPSA) is 46.9 Å². The van der Waals surface area contributed by atoms with Crippen molar-refractivity contribution < 1.29 is 4.79 Å². The maximum absolute atomic E-state index is 12.1. The SMILES string of the molecule is O=C(CC1C=CCC1)Nc1ccnn1Cc1ccccc1. The van der Waals surface area contributed by atoms with Crippen LogP contribution in [0, 0.1) is 5.92 Å². The van der Waals surface area contributed by atoms with Gasteiger partial charge in [-0.3, -0.25) is 4.79 Å². The summed E-state index contributed by atoms with van der Waals surface area (Å²) < 4.78 is 1.82. The first-order chi connectivity index (χ1) is 10.3. The average molecular weight is 281 g/mol. The van der Waals surface area contributed by atoms with Gasteiger partial charge in [0.25, 0.3) is 0 Å². The van der Waals surface area contributed by atoms with Crippen LogP contribution in [0.3, 0.4) is 0 Å². The predicted molar refractivity (Wildman–Crippen MR) is 82.9 cm³/mol. The molecule has 21 heavy (non-hydrogen) atoms. The summed E-state index contributed by atoms with van der Waals surface area (Å²) in [7, 11) is 0. The molecule has 1 N–H and O–H groups in total. The lowest BCUT2D eigenvalue weighted by Gasteiger charge is -2.11. The number of carbonyl (C=O) groups excluding carboxylic acids is 1. The van der Waals surface area contributed by atoms with E-state index in [1.165, 1.54) is 0 Å². The van der Waals surface area contributed by atoms with Crippen LogP contribution in [0.15, 0.2) is 54.7 Å². The third-order valence-corrected chi connectivity index (χ3v) is 3.72. The first-order valence-electron chi connectivity index (χ1n) is 7.33. The van der Waals surface area contributed by atoms with Crippen molar-refractivity contribution in [3.8, 4) is 0 Å². The molecule has 1 heterocycles. The summed E-state index contributed by atoms with van der Waals surface area (Å²) in [6, 6.07) is 11.9. The van der Waals surface area contributed by atoms with E-state index in [-0.39, 0.29) is 5.91 Å². The molecule has 1 aliphatic carbocycles. The quantitative estimate of drug-likeness (QED) is 0.855. The van der Waals surface area contributed by atoms with Crippen molar-refractivity contribution in [3.63, 3.8) is 0 Å². The molecule has 4 nitrogen and oxygen atoms in total. The van der Waals surface area contributed by atoms with Gasteiger partial charge in [0, 0.05) is 12.5 Å². The maximum atomic E-state index is 12.1. The van der Waals surface area contributed by atoms with Crippen LogP contribution in [-0.4, -0.2) is 15.7 Å². The molecule has 1 atom stereocenters. The number of rotatable bonds is 5. The Balaban J connectivity index is 1.62. The van der Waals surface area contributed by atoms with E-state index in [9.17, 15) is 4.79 Å². The first-order valence-corrected chi connectivity index (χ1v) is 7.33. The summed E-state index contributed by atoms with van der Waals surface area (Å²) >= 11 is 0. The fourth-order valence-electron chi connectivity index (χ4n) is 2.62. The molecule has 0 saturated heterocycles. The highest BCUT2D eigenvalue weighted by molar-refractivity contribution is 5.90. The second kappa shape index (κ2) is 6.39. The Kier molecular flexibility index (Phi) is 4.15. The lowest BCUT2D eigenvalue weighted by Crippen LogP contribution is -2.18. The number of benzene rings is 1. The number of nitrogens with zero attached hydrogens (tertiary/aromatic N) is 2. The van der Waals surface area contributed by atoms with Crippen molar-refractivity contribution >= 4 is 11.7 Å². The average Bonchev–Trinajstić information content (AvgIpc) is 3.13. The highest BCUT2D eigenvalue weighted by Gasteiger charge is 2.15. The number of nitrogens with one attached hydrogen (secondary N) is 1. The summed E-state index contributed by atoms with van der Waals surface area (Å²) in [5, 5.41) is 7.25. The monoisotopic (exact) mass is 281 g/mol. The minimum atomic E-state index is 0.0568. The van der Waals surface area contributed by atoms with Crippen LogP contribution in [0.1, 0.15) is 24.8 Å². The van der Waals surface area contributed by atoms with Crippen LogP contribution >= 0.6 is 0 Å². The highest BCUT2D eigenvalue weighted by Crippen LogP contribution is 2.21. The number of aromatic nitrogens is 2. The van der Waals surface area contributed by atoms with Crippen LogP contribution in [-0.2, 0) is 11.3 Å². The van der Waals surface area contributed by atoms with Crippen LogP contribution in [0.5, 0.6) is 0 Å². The van der Waals surface area contributed by atoms with Crippen molar-refractivity contribution in [2.45, 2.75) is 25.8 Å². The number of allylic oxidation sites excluding steroid dienone is 2. The molecular weight excluding hydrogens is 262 g/mol. The van der Waals surface area contributed by atoms with Gasteiger partial charge in [-0.25, -0.2) is 4.68 Å². The van der Waals surface area contributed by atoms with Gasteiger partial charge < -0.3 is 5.32 Å². The Morgan fingerprint density at radius 3 is 2.90 bits per heavy atom. The Morgan fingerprint density at radius 2 is 2.14 bits per heavy atom. The zero-order chi connectivity index (χ0) is 14.5. The van der Waals surface area contributed by atoms with E-state index in [2.05, 4.69) is 34.7 Å². The smallest absolute Gasteiger partial charge is 0.226 e. The summed E-state index contributed by atoms with van der Waals surface area (Å²) in [6.45, 7) is 0.660. The third-order valence-electron chi connectivity index (χ3n) is 3.72. The van der Waals surface area contributed by atoms with Gasteiger partial charge in [-0.05, 0) is 24.3 Å². The summed E-state index contributed by atoms with van der Waals surface area (Å²) in [4.78, 5) is 12.1. The number of carbonyl (C=O) groups is 1. The van der Waals surface area contributed by atoms with E-state index in [4.69, 9.17) is 0 Å². The zero-order valence-corrected chi connectivity index (χ0v) is 11.9. The van der Waals surface area contributed by atoms with Gasteiger partial charge in [-0.1, -0.05) is 42.5 Å². The van der Waals surface area contributed by atoms with Gasteiger partial charge in [-0.15, -0.1) is 0 Å². The van der Waals surface area contributed by atoms with E-state index in [1.54, 1.807) is 6.20 Å². The van der Waals surface area contributed by atoms with Crippen molar-refractivity contribution in [3.05, 3.63) is 60.3 Å². The van der Waals surface area contributed by atoms with Crippen molar-refractivity contribution in [2.75, 3.05) is 5.32 Å². The minimum Gasteiger partial charge on any atom is -0.311 e. The lowest BCUT2D eigenvalue weighted by molar-refractivity contribution is -0.116. The van der Waals surface area contributed by atoms with Gasteiger partial charge in [0.05, 0.1) is 12.7 Å². The molecule has 1 aliphatic rings. The van der Waals surface area contributed by atoms with Gasteiger partial charge >= 0.3 is 0 Å². The molecule has 0 saturated carbocycles. The maximum Gasteiger partial charge on any atom is 0.226 e. The fourth-order valence-corrected chi connectivity index (χ4v) is 2.62. The van der Waals surface area contributed by atoms with Gasteiger partial charge in [0.1, 0.15) is 5.82 Å². The van der Waals surface area contributed by atoms with Gasteiger partial charge in [-0.2, -0.15) is 5.10 Å². The molecule has 2 aromatic rings. The predicted octanol–water partition coefficient (Wildman–Crippen LogP) is 3.23. The van der Waals surface area contributed by atoms with Crippen LogP contribution in [0.2, 0.25) is 0 Å². The molecule has 3 rings (SSSR count). The molecule has 0 aliphatic heterocycles. The second-order valence-electron chi connectivity index (χ2n) is 5.38. The van der Waals surface area contributed by atoms with E-state index in [0.29, 0.717) is 18.9 Å². The fraction of sp³-hybridized carbons (Fsp3) is 0.294. The number of hydrogen-bond donors (Lipinski definition) is 1. The molecule has 1 aromatic carbocycles. The van der Waals surface area contributed by atoms with Gasteiger partial charge in [0.15, 0.2) is 0 Å². The molecule has 0 radical (unpaired) electrons. The van der Waals surface area contributed by atoms with Crippen molar-refractivity contribution in [1.82, 2.24) is 9.78 Å². The number of anilines is 1. The molecule has 0 spiro atoms. The lowest BCUT2D eigenvalue weighted by atomic mass is 10.1. The minimum absolute atomic E-state index is 0.0568. The molecule has 108 valence electrons. The van der Waals surface area contributed by atoms with Crippen molar-refractivity contribution in [1.29, 1.82) is 0 Å². The van der Waals surface area contributed by atoms with Crippen molar-refractivity contribution in [2.24, 2.45) is 5.92 Å². The first kappa shape index (κ1) is 13.6. The molecule has 0 fully saturated rings. The van der Waals surface area contributed by atoms with Crippen LogP contribution in [0.25, 0.3) is 0 Å². The summed E-state index contributed by atoms with van der Waals surface area (Å²) in [5.74, 6) is 1.20. The molecular formula is C17H19N3O. The van der Waals surface area contributed by atoms with Crippen LogP contribution in [0.4, 0.5) is 5.82 Å². The summed E-state index contributed by atoms with van der Waals surface area (Å²) in [6.07, 6.45) is 8.72. The Labute approximate surface area is 124 Å². The number of amides is 1. The molecule has 1 aromatic heterocycles. The van der Waals surface area contributed by atoms with Crippen LogP contribution < -0.4 is 5.32 Å². The standard InChI is InChI=1S/C17H19N3O/c21-17(12-14-6-4-5-7-14)19-16-10-11-18-20(16)13-15-8-2-1-3-9-15/h1-4,6,8-11,14H,5,7,12-13H2,(H,19,21). The normalized spacial score (nSPS) is 17.0. The Bertz CT molecular complexity index is 630. The molecule has 1 amide bonds. The van der Waals surface area contributed by atoms with Gasteiger partial charge in [0.2, 0.25) is 5.91 Å². The number of hydrogen-bond acceptors (Lipinski definition) is 2. The zero-order valence-electron chi connectivity index (χ0n) is 11.9. The Hall–Kier alpha value is -2.36. The third kappa shape index (κ3) is 3.60. The molecule has 4 heteroatoms. The second-order valence-corrected chi connectivity index (χ2v) is 5.38. The van der Waals surface area contributed by atoms with E-state index >= 15 is 0 Å².